The molecule has 0 amide bonds. The van der Waals surface area contributed by atoms with E-state index in [0.717, 1.165) is 60.9 Å². The molecule has 5 rings (SSSR count). The molecule has 1 spiro atoms. The maximum absolute atomic E-state index is 12.8. The Bertz CT molecular complexity index is 1220. The lowest BCUT2D eigenvalue weighted by atomic mass is 9.97. The Morgan fingerprint density at radius 3 is 2.74 bits per heavy atom. The van der Waals surface area contributed by atoms with E-state index in [2.05, 4.69) is 20.1 Å². The summed E-state index contributed by atoms with van der Waals surface area (Å²) in [4.78, 5) is 16.6. The Hall–Kier alpha value is -2.59. The van der Waals surface area contributed by atoms with E-state index in [-0.39, 0.29) is 11.0 Å². The minimum Gasteiger partial charge on any atom is -0.329 e. The van der Waals surface area contributed by atoms with E-state index in [0.29, 0.717) is 11.7 Å². The van der Waals surface area contributed by atoms with Crippen LogP contribution in [0, 0.1) is 5.41 Å². The summed E-state index contributed by atoms with van der Waals surface area (Å²) in [6.07, 6.45) is 0.500. The SMILES string of the molecule is Cn1c(SCCCN2CC[C@]3(CC3c3ccc(C(F)(F)F)cc3)C2)nnc1-c1cc[nH]c(=O)c1. The van der Waals surface area contributed by atoms with Crippen LogP contribution < -0.4 is 5.56 Å². The molecule has 2 aliphatic rings. The van der Waals surface area contributed by atoms with Gasteiger partial charge in [0.2, 0.25) is 5.56 Å². The molecule has 1 N–H and O–H groups in total. The van der Waals surface area contributed by atoms with Gasteiger partial charge in [-0.2, -0.15) is 13.2 Å². The van der Waals surface area contributed by atoms with Crippen LogP contribution in [0.25, 0.3) is 11.4 Å². The lowest BCUT2D eigenvalue weighted by Gasteiger charge is -2.16. The third kappa shape index (κ3) is 4.65. The molecule has 3 aromatic rings. The number of benzene rings is 1. The lowest BCUT2D eigenvalue weighted by molar-refractivity contribution is -0.137. The Morgan fingerprint density at radius 1 is 1.21 bits per heavy atom. The summed E-state index contributed by atoms with van der Waals surface area (Å²) < 4.78 is 40.4. The number of alkyl halides is 3. The number of pyridine rings is 1. The van der Waals surface area contributed by atoms with Crippen LogP contribution in [0.3, 0.4) is 0 Å². The zero-order valence-electron chi connectivity index (χ0n) is 18.8. The zero-order valence-corrected chi connectivity index (χ0v) is 19.6. The summed E-state index contributed by atoms with van der Waals surface area (Å²) in [6.45, 7) is 3.05. The van der Waals surface area contributed by atoms with Crippen molar-refractivity contribution in [2.45, 2.75) is 36.5 Å². The number of H-pyrrole nitrogens is 1. The second-order valence-corrected chi connectivity index (χ2v) is 10.3. The van der Waals surface area contributed by atoms with Crippen LogP contribution in [0.2, 0.25) is 0 Å². The van der Waals surface area contributed by atoms with Crippen LogP contribution in [-0.4, -0.2) is 50.0 Å². The van der Waals surface area contributed by atoms with E-state index in [1.54, 1.807) is 36.2 Å². The first-order valence-electron chi connectivity index (χ1n) is 11.4. The van der Waals surface area contributed by atoms with Crippen LogP contribution in [0.1, 0.15) is 36.3 Å². The molecular weight excluding hydrogens is 463 g/mol. The van der Waals surface area contributed by atoms with E-state index in [9.17, 15) is 18.0 Å². The van der Waals surface area contributed by atoms with E-state index in [1.807, 2.05) is 11.6 Å². The molecule has 1 saturated carbocycles. The highest BCUT2D eigenvalue weighted by atomic mass is 32.2. The van der Waals surface area contributed by atoms with Crippen molar-refractivity contribution < 1.29 is 13.2 Å². The Labute approximate surface area is 199 Å². The molecule has 3 heterocycles. The van der Waals surface area contributed by atoms with E-state index in [1.165, 1.54) is 18.2 Å². The van der Waals surface area contributed by atoms with Crippen molar-refractivity contribution in [2.75, 3.05) is 25.4 Å². The smallest absolute Gasteiger partial charge is 0.329 e. The average Bonchev–Trinajstić information content (AvgIpc) is 3.14. The summed E-state index contributed by atoms with van der Waals surface area (Å²) in [6, 6.07) is 9.04. The fourth-order valence-electron chi connectivity index (χ4n) is 5.08. The van der Waals surface area contributed by atoms with Gasteiger partial charge in [0.15, 0.2) is 11.0 Å². The van der Waals surface area contributed by atoms with Crippen LogP contribution in [0.4, 0.5) is 13.2 Å². The van der Waals surface area contributed by atoms with Gasteiger partial charge >= 0.3 is 6.18 Å². The minimum atomic E-state index is -4.28. The normalized spacial score (nSPS) is 22.5. The predicted molar refractivity (Wildman–Crippen MR) is 125 cm³/mol. The third-order valence-corrected chi connectivity index (χ3v) is 8.12. The monoisotopic (exact) mass is 489 g/mol. The van der Waals surface area contributed by atoms with Crippen molar-refractivity contribution in [1.82, 2.24) is 24.6 Å². The number of aromatic amines is 1. The van der Waals surface area contributed by atoms with Gasteiger partial charge in [-0.3, -0.25) is 4.79 Å². The molecule has 1 aliphatic heterocycles. The standard InChI is InChI=1S/C24H26F3N5OS/c1-31-21(17-7-9-28-20(33)13-17)29-30-22(31)34-12-2-10-32-11-8-23(15-32)14-19(23)16-3-5-18(6-4-16)24(25,26)27/h3-7,9,13,19H,2,8,10-12,14-15H2,1H3,(H,28,33)/t19?,23-/m0/s1. The summed E-state index contributed by atoms with van der Waals surface area (Å²) in [7, 11) is 1.90. The van der Waals surface area contributed by atoms with Gasteiger partial charge in [0.05, 0.1) is 5.56 Å². The first-order valence-corrected chi connectivity index (χ1v) is 12.3. The average molecular weight is 490 g/mol. The van der Waals surface area contributed by atoms with Gasteiger partial charge in [-0.25, -0.2) is 0 Å². The van der Waals surface area contributed by atoms with E-state index in [4.69, 9.17) is 0 Å². The fourth-order valence-corrected chi connectivity index (χ4v) is 5.91. The number of hydrogen-bond acceptors (Lipinski definition) is 5. The maximum Gasteiger partial charge on any atom is 0.416 e. The molecule has 2 fully saturated rings. The maximum atomic E-state index is 12.8. The number of halogens is 3. The van der Waals surface area contributed by atoms with Gasteiger partial charge in [-0.05, 0) is 67.4 Å². The van der Waals surface area contributed by atoms with Crippen LogP contribution in [-0.2, 0) is 13.2 Å². The molecule has 1 aromatic carbocycles. The number of thioether (sulfide) groups is 1. The topological polar surface area (TPSA) is 66.8 Å². The van der Waals surface area contributed by atoms with Gasteiger partial charge < -0.3 is 14.5 Å². The molecule has 10 heteroatoms. The highest BCUT2D eigenvalue weighted by Gasteiger charge is 2.57. The molecule has 34 heavy (non-hydrogen) atoms. The molecular formula is C24H26F3N5OS. The molecule has 1 aliphatic carbocycles. The van der Waals surface area contributed by atoms with Crippen LogP contribution in [0.15, 0.2) is 52.5 Å². The summed E-state index contributed by atoms with van der Waals surface area (Å²) >= 11 is 1.65. The highest BCUT2D eigenvalue weighted by molar-refractivity contribution is 7.99. The number of rotatable bonds is 7. The summed E-state index contributed by atoms with van der Waals surface area (Å²) in [5.74, 6) is 1.95. The molecule has 0 radical (unpaired) electrons. The molecule has 1 saturated heterocycles. The number of likely N-dealkylation sites (tertiary alicyclic amines) is 1. The Balaban J connectivity index is 1.09. The van der Waals surface area contributed by atoms with Gasteiger partial charge in [-0.15, -0.1) is 10.2 Å². The van der Waals surface area contributed by atoms with Gasteiger partial charge in [0.1, 0.15) is 0 Å². The second-order valence-electron chi connectivity index (χ2n) is 9.27. The molecule has 0 bridgehead atoms. The van der Waals surface area contributed by atoms with Crippen LogP contribution in [0.5, 0.6) is 0 Å². The Kier molecular flexibility index (Phi) is 6.05. The molecule has 1 unspecified atom stereocenters. The largest absolute Gasteiger partial charge is 0.416 e. The molecule has 180 valence electrons. The number of nitrogens with zero attached hydrogens (tertiary/aromatic N) is 4. The number of aromatic nitrogens is 4. The van der Waals surface area contributed by atoms with Crippen molar-refractivity contribution in [1.29, 1.82) is 0 Å². The summed E-state index contributed by atoms with van der Waals surface area (Å²) in [5, 5.41) is 9.32. The minimum absolute atomic E-state index is 0.172. The van der Waals surface area contributed by atoms with Gasteiger partial charge in [-0.1, -0.05) is 23.9 Å². The quantitative estimate of drug-likeness (QED) is 0.390. The first kappa shape index (κ1) is 23.2. The van der Waals surface area contributed by atoms with Crippen molar-refractivity contribution >= 4 is 11.8 Å². The molecule has 2 aromatic heterocycles. The van der Waals surface area contributed by atoms with Crippen molar-refractivity contribution in [3.8, 4) is 11.4 Å². The van der Waals surface area contributed by atoms with Crippen molar-refractivity contribution in [3.05, 3.63) is 64.1 Å². The van der Waals surface area contributed by atoms with Gasteiger partial charge in [0.25, 0.3) is 0 Å². The van der Waals surface area contributed by atoms with Crippen LogP contribution >= 0.6 is 11.8 Å². The molecule has 6 nitrogen and oxygen atoms in total. The predicted octanol–water partition coefficient (Wildman–Crippen LogP) is 4.55. The highest BCUT2D eigenvalue weighted by Crippen LogP contribution is 2.64. The Morgan fingerprint density at radius 2 is 2.00 bits per heavy atom. The second kappa shape index (κ2) is 8.88. The van der Waals surface area contributed by atoms with Crippen molar-refractivity contribution in [2.24, 2.45) is 12.5 Å². The zero-order chi connectivity index (χ0) is 23.9. The number of nitrogens with one attached hydrogen (secondary N) is 1. The lowest BCUT2D eigenvalue weighted by Crippen LogP contribution is -2.23. The first-order chi connectivity index (χ1) is 16.2. The van der Waals surface area contributed by atoms with E-state index < -0.39 is 11.7 Å². The number of hydrogen-bond donors (Lipinski definition) is 1. The third-order valence-electron chi connectivity index (χ3n) is 7.01. The summed E-state index contributed by atoms with van der Waals surface area (Å²) in [5.41, 5.74) is 1.25. The molecule has 2 atom stereocenters. The van der Waals surface area contributed by atoms with Crippen molar-refractivity contribution in [3.63, 3.8) is 0 Å². The van der Waals surface area contributed by atoms with E-state index >= 15 is 0 Å². The van der Waals surface area contributed by atoms with Gasteiger partial charge in [0, 0.05) is 37.2 Å². The fraction of sp³-hybridized carbons (Fsp3) is 0.458.